The number of benzene rings is 2. The third-order valence-electron chi connectivity index (χ3n) is 7.57. The molecule has 182 valence electrons. The predicted molar refractivity (Wildman–Crippen MR) is 145 cm³/mol. The minimum Gasteiger partial charge on any atom is -0.355 e. The minimum absolute atomic E-state index is 0.0127. The van der Waals surface area contributed by atoms with E-state index in [0.717, 1.165) is 57.0 Å². The maximum Gasteiger partial charge on any atom is 0.216 e. The summed E-state index contributed by atoms with van der Waals surface area (Å²) < 4.78 is 0.953. The first-order chi connectivity index (χ1) is 16.9. The Morgan fingerprint density at radius 1 is 1.03 bits per heavy atom. The average Bonchev–Trinajstić information content (AvgIpc) is 3.10. The predicted octanol–water partition coefficient (Wildman–Crippen LogP) is 6.94. The van der Waals surface area contributed by atoms with Crippen molar-refractivity contribution in [2.75, 3.05) is 6.54 Å². The number of hydrogen-bond acceptors (Lipinski definition) is 3. The molecule has 1 unspecified atom stereocenters. The second kappa shape index (κ2) is 10.2. The SMILES string of the molecule is CC(=O)NCC1(c2ccc(Br)cn2)C[C@H]2CC[C@@H](C1)N2C(c1ccccc1Cl)c1ccccc1Cl. The summed E-state index contributed by atoms with van der Waals surface area (Å²) in [5, 5.41) is 4.62. The normalized spacial score (nSPS) is 24.0. The molecule has 1 aromatic heterocycles. The fourth-order valence-electron chi connectivity index (χ4n) is 6.11. The van der Waals surface area contributed by atoms with Gasteiger partial charge in [0, 0.05) is 57.4 Å². The molecule has 0 aliphatic carbocycles. The Morgan fingerprint density at radius 3 is 2.09 bits per heavy atom. The Balaban J connectivity index is 1.57. The van der Waals surface area contributed by atoms with Crippen molar-refractivity contribution >= 4 is 45.0 Å². The zero-order valence-electron chi connectivity index (χ0n) is 19.6. The summed E-state index contributed by atoms with van der Waals surface area (Å²) in [5.41, 5.74) is 2.98. The van der Waals surface area contributed by atoms with E-state index in [1.807, 2.05) is 48.7 Å². The van der Waals surface area contributed by atoms with Crippen molar-refractivity contribution in [2.24, 2.45) is 0 Å². The van der Waals surface area contributed by atoms with Crippen LogP contribution in [0.3, 0.4) is 0 Å². The molecule has 1 N–H and O–H groups in total. The zero-order valence-corrected chi connectivity index (χ0v) is 22.7. The number of hydrogen-bond donors (Lipinski definition) is 1. The van der Waals surface area contributed by atoms with Gasteiger partial charge in [0.2, 0.25) is 5.91 Å². The molecule has 3 atom stereocenters. The number of pyridine rings is 1. The lowest BCUT2D eigenvalue weighted by Gasteiger charge is -2.49. The maximum atomic E-state index is 11.9. The highest BCUT2D eigenvalue weighted by Gasteiger charge is 2.52. The van der Waals surface area contributed by atoms with Gasteiger partial charge < -0.3 is 5.32 Å². The van der Waals surface area contributed by atoms with Crippen LogP contribution in [-0.2, 0) is 10.2 Å². The molecule has 4 nitrogen and oxygen atoms in total. The van der Waals surface area contributed by atoms with Crippen LogP contribution in [0.2, 0.25) is 10.0 Å². The van der Waals surface area contributed by atoms with E-state index in [0.29, 0.717) is 18.6 Å². The number of aromatic nitrogens is 1. The van der Waals surface area contributed by atoms with E-state index < -0.39 is 0 Å². The first-order valence-electron chi connectivity index (χ1n) is 12.0. The quantitative estimate of drug-likeness (QED) is 0.348. The largest absolute Gasteiger partial charge is 0.355 e. The van der Waals surface area contributed by atoms with Crippen molar-refractivity contribution in [3.05, 3.63) is 98.2 Å². The summed E-state index contributed by atoms with van der Waals surface area (Å²) in [6.45, 7) is 2.16. The molecular formula is C28H28BrCl2N3O. The Morgan fingerprint density at radius 2 is 1.60 bits per heavy atom. The molecule has 2 bridgehead atoms. The fourth-order valence-corrected chi connectivity index (χ4v) is 6.83. The van der Waals surface area contributed by atoms with Gasteiger partial charge in [0.25, 0.3) is 0 Å². The molecule has 7 heteroatoms. The number of nitrogens with one attached hydrogen (secondary N) is 1. The maximum absolute atomic E-state index is 11.9. The standard InChI is InChI=1S/C28H28BrCl2N3O/c1-18(35)33-17-28(26-13-10-19(29)16-32-26)14-20-11-12-21(15-28)34(20)27(22-6-2-4-8-24(22)30)23-7-3-5-9-25(23)31/h2-10,13,16,20-21,27H,11-12,14-15,17H2,1H3,(H,33,35)/t20-,21+,28?. The molecule has 2 saturated heterocycles. The Labute approximate surface area is 225 Å². The summed E-state index contributed by atoms with van der Waals surface area (Å²) in [6.07, 6.45) is 5.85. The van der Waals surface area contributed by atoms with Gasteiger partial charge in [0.1, 0.15) is 0 Å². The molecule has 2 aromatic carbocycles. The number of piperidine rings is 1. The van der Waals surface area contributed by atoms with E-state index in [-0.39, 0.29) is 17.4 Å². The lowest BCUT2D eigenvalue weighted by atomic mass is 9.71. The average molecular weight is 573 g/mol. The summed E-state index contributed by atoms with van der Waals surface area (Å²) in [5.74, 6) is -0.0127. The Kier molecular flexibility index (Phi) is 7.23. The van der Waals surface area contributed by atoms with Gasteiger partial charge in [-0.05, 0) is 77.0 Å². The molecule has 5 rings (SSSR count). The zero-order chi connectivity index (χ0) is 24.6. The Bertz CT molecular complexity index is 1160. The van der Waals surface area contributed by atoms with Crippen molar-refractivity contribution < 1.29 is 4.79 Å². The molecule has 1 amide bonds. The van der Waals surface area contributed by atoms with Crippen LogP contribution in [-0.4, -0.2) is 34.4 Å². The third-order valence-corrected chi connectivity index (χ3v) is 8.73. The summed E-state index contributed by atoms with van der Waals surface area (Å²) in [7, 11) is 0. The molecule has 0 radical (unpaired) electrons. The number of carbonyl (C=O) groups is 1. The molecule has 0 saturated carbocycles. The molecular weight excluding hydrogens is 545 g/mol. The molecule has 3 aromatic rings. The summed E-state index contributed by atoms with van der Waals surface area (Å²) in [6, 6.07) is 20.9. The molecule has 2 aliphatic heterocycles. The van der Waals surface area contributed by atoms with Crippen LogP contribution in [0.25, 0.3) is 0 Å². The van der Waals surface area contributed by atoms with Gasteiger partial charge >= 0.3 is 0 Å². The van der Waals surface area contributed by atoms with Crippen molar-refractivity contribution in [3.8, 4) is 0 Å². The lowest BCUT2D eigenvalue weighted by Crippen LogP contribution is -2.55. The summed E-state index contributed by atoms with van der Waals surface area (Å²) >= 11 is 17.1. The molecule has 2 aliphatic rings. The van der Waals surface area contributed by atoms with E-state index in [1.54, 1.807) is 6.92 Å². The van der Waals surface area contributed by atoms with Gasteiger partial charge in [0.15, 0.2) is 0 Å². The van der Waals surface area contributed by atoms with Crippen LogP contribution in [0.5, 0.6) is 0 Å². The number of rotatable bonds is 6. The highest BCUT2D eigenvalue weighted by molar-refractivity contribution is 9.10. The second-order valence-corrected chi connectivity index (χ2v) is 11.5. The highest BCUT2D eigenvalue weighted by Crippen LogP contribution is 2.52. The third kappa shape index (κ3) is 4.89. The van der Waals surface area contributed by atoms with Crippen molar-refractivity contribution in [2.45, 2.75) is 56.1 Å². The van der Waals surface area contributed by atoms with E-state index in [1.165, 1.54) is 0 Å². The van der Waals surface area contributed by atoms with Crippen LogP contribution in [0.1, 0.15) is 55.5 Å². The number of amides is 1. The molecule has 3 heterocycles. The van der Waals surface area contributed by atoms with Crippen molar-refractivity contribution in [1.29, 1.82) is 0 Å². The topological polar surface area (TPSA) is 45.2 Å². The van der Waals surface area contributed by atoms with Gasteiger partial charge in [-0.2, -0.15) is 0 Å². The Hall–Kier alpha value is -1.92. The first-order valence-corrected chi connectivity index (χ1v) is 13.6. The van der Waals surface area contributed by atoms with Gasteiger partial charge in [-0.3, -0.25) is 14.7 Å². The molecule has 2 fully saturated rings. The molecule has 35 heavy (non-hydrogen) atoms. The van der Waals surface area contributed by atoms with Gasteiger partial charge in [-0.1, -0.05) is 59.6 Å². The minimum atomic E-state index is -0.222. The van der Waals surface area contributed by atoms with E-state index >= 15 is 0 Å². The van der Waals surface area contributed by atoms with E-state index in [9.17, 15) is 4.79 Å². The van der Waals surface area contributed by atoms with Gasteiger partial charge in [0.05, 0.1) is 6.04 Å². The smallest absolute Gasteiger partial charge is 0.216 e. The van der Waals surface area contributed by atoms with Crippen LogP contribution in [0, 0.1) is 0 Å². The molecule has 0 spiro atoms. The number of fused-ring (bicyclic) bond motifs is 2. The van der Waals surface area contributed by atoms with E-state index in [2.05, 4.69) is 44.3 Å². The number of halogens is 3. The monoisotopic (exact) mass is 571 g/mol. The van der Waals surface area contributed by atoms with E-state index in [4.69, 9.17) is 28.2 Å². The second-order valence-electron chi connectivity index (χ2n) is 9.74. The number of carbonyl (C=O) groups excluding carboxylic acids is 1. The van der Waals surface area contributed by atoms with Crippen LogP contribution in [0.4, 0.5) is 0 Å². The van der Waals surface area contributed by atoms with Crippen LogP contribution in [0.15, 0.2) is 71.3 Å². The fraction of sp³-hybridized carbons (Fsp3) is 0.357. The summed E-state index contributed by atoms with van der Waals surface area (Å²) in [4.78, 5) is 19.4. The van der Waals surface area contributed by atoms with Crippen LogP contribution < -0.4 is 5.32 Å². The van der Waals surface area contributed by atoms with Gasteiger partial charge in [-0.25, -0.2) is 0 Å². The van der Waals surface area contributed by atoms with Gasteiger partial charge in [-0.15, -0.1) is 0 Å². The van der Waals surface area contributed by atoms with Crippen molar-refractivity contribution in [3.63, 3.8) is 0 Å². The number of nitrogens with zero attached hydrogens (tertiary/aromatic N) is 2. The lowest BCUT2D eigenvalue weighted by molar-refractivity contribution is -0.119. The first kappa shape index (κ1) is 24.8. The highest BCUT2D eigenvalue weighted by atomic mass is 79.9. The van der Waals surface area contributed by atoms with Crippen LogP contribution >= 0.6 is 39.1 Å². The van der Waals surface area contributed by atoms with Crippen molar-refractivity contribution in [1.82, 2.24) is 15.2 Å².